The van der Waals surface area contributed by atoms with Gasteiger partial charge in [-0.2, -0.15) is 0 Å². The number of nitrogens with zero attached hydrogens (tertiary/aromatic N) is 2. The number of rotatable bonds is 4. The van der Waals surface area contributed by atoms with Gasteiger partial charge in [0.2, 0.25) is 0 Å². The van der Waals surface area contributed by atoms with Crippen molar-refractivity contribution in [2.24, 2.45) is 5.84 Å². The number of hydrazine groups is 1. The van der Waals surface area contributed by atoms with E-state index in [2.05, 4.69) is 31.3 Å². The zero-order valence-electron chi connectivity index (χ0n) is 11.7. The lowest BCUT2D eigenvalue weighted by atomic mass is 10.1. The van der Waals surface area contributed by atoms with E-state index < -0.39 is 0 Å². The number of benzene rings is 1. The summed E-state index contributed by atoms with van der Waals surface area (Å²) < 4.78 is 6.15. The van der Waals surface area contributed by atoms with Gasteiger partial charge in [-0.1, -0.05) is 22.9 Å². The van der Waals surface area contributed by atoms with Crippen LogP contribution in [0.3, 0.4) is 0 Å². The van der Waals surface area contributed by atoms with Crippen molar-refractivity contribution in [3.8, 4) is 17.1 Å². The molecule has 0 amide bonds. The Morgan fingerprint density at radius 1 is 1.35 bits per heavy atom. The van der Waals surface area contributed by atoms with Crippen LogP contribution in [-0.4, -0.2) is 17.1 Å². The second-order valence-electron chi connectivity index (χ2n) is 4.30. The van der Waals surface area contributed by atoms with Crippen LogP contribution in [0.2, 0.25) is 0 Å². The van der Waals surface area contributed by atoms with Crippen molar-refractivity contribution in [2.45, 2.75) is 20.3 Å². The molecule has 5 nitrogen and oxygen atoms in total. The van der Waals surface area contributed by atoms with Crippen molar-refractivity contribution >= 4 is 21.7 Å². The number of aromatic nitrogens is 2. The molecule has 20 heavy (non-hydrogen) atoms. The lowest BCUT2D eigenvalue weighted by molar-refractivity contribution is 0.415. The molecule has 0 radical (unpaired) electrons. The van der Waals surface area contributed by atoms with Crippen LogP contribution in [-0.2, 0) is 6.42 Å². The number of hydrogen-bond donors (Lipinski definition) is 2. The summed E-state index contributed by atoms with van der Waals surface area (Å²) >= 11 is 3.52. The van der Waals surface area contributed by atoms with Crippen molar-refractivity contribution in [2.75, 3.05) is 12.5 Å². The third-order valence-electron chi connectivity index (χ3n) is 3.12. The van der Waals surface area contributed by atoms with Crippen LogP contribution in [0, 0.1) is 6.92 Å². The summed E-state index contributed by atoms with van der Waals surface area (Å²) in [5, 5.41) is 0. The first kappa shape index (κ1) is 14.7. The number of nitrogens with two attached hydrogens (primary N) is 1. The standard InChI is InChI=1S/C14H17BrN4O/c1-4-10-8(2)17-13(18-14(10)19-16)11-7-9(20-3)5-6-12(11)15/h5-7H,4,16H2,1-3H3,(H,17,18,19). The molecule has 0 aliphatic carbocycles. The second-order valence-corrected chi connectivity index (χ2v) is 5.16. The van der Waals surface area contributed by atoms with E-state index >= 15 is 0 Å². The van der Waals surface area contributed by atoms with Gasteiger partial charge < -0.3 is 10.2 Å². The normalized spacial score (nSPS) is 10.4. The average molecular weight is 337 g/mol. The number of ether oxygens (including phenoxy) is 1. The molecule has 106 valence electrons. The Bertz CT molecular complexity index is 631. The molecule has 2 aromatic rings. The second kappa shape index (κ2) is 6.19. The van der Waals surface area contributed by atoms with Gasteiger partial charge >= 0.3 is 0 Å². The van der Waals surface area contributed by atoms with E-state index in [0.717, 1.165) is 33.5 Å². The van der Waals surface area contributed by atoms with E-state index in [1.54, 1.807) is 7.11 Å². The van der Waals surface area contributed by atoms with Crippen molar-refractivity contribution in [3.63, 3.8) is 0 Å². The Balaban J connectivity index is 2.61. The number of anilines is 1. The van der Waals surface area contributed by atoms with Crippen LogP contribution in [0.15, 0.2) is 22.7 Å². The van der Waals surface area contributed by atoms with E-state index in [0.29, 0.717) is 11.6 Å². The fraction of sp³-hybridized carbons (Fsp3) is 0.286. The first-order chi connectivity index (χ1) is 9.60. The van der Waals surface area contributed by atoms with Crippen LogP contribution in [0.1, 0.15) is 18.2 Å². The monoisotopic (exact) mass is 336 g/mol. The summed E-state index contributed by atoms with van der Waals surface area (Å²) in [6.07, 6.45) is 0.824. The van der Waals surface area contributed by atoms with Crippen LogP contribution in [0.5, 0.6) is 5.75 Å². The van der Waals surface area contributed by atoms with Gasteiger partial charge in [-0.15, -0.1) is 0 Å². The van der Waals surface area contributed by atoms with Gasteiger partial charge in [0, 0.05) is 21.3 Å². The van der Waals surface area contributed by atoms with Gasteiger partial charge in [0.1, 0.15) is 11.6 Å². The highest BCUT2D eigenvalue weighted by Crippen LogP contribution is 2.31. The van der Waals surface area contributed by atoms with E-state index in [1.807, 2.05) is 32.0 Å². The molecule has 0 aliphatic rings. The van der Waals surface area contributed by atoms with Crippen LogP contribution in [0.25, 0.3) is 11.4 Å². The number of aryl methyl sites for hydroxylation is 1. The maximum Gasteiger partial charge on any atom is 0.163 e. The highest BCUT2D eigenvalue weighted by molar-refractivity contribution is 9.10. The fourth-order valence-electron chi connectivity index (χ4n) is 2.06. The van der Waals surface area contributed by atoms with Gasteiger partial charge in [-0.25, -0.2) is 15.8 Å². The molecule has 0 atom stereocenters. The number of hydrogen-bond acceptors (Lipinski definition) is 5. The lowest BCUT2D eigenvalue weighted by Crippen LogP contribution is -2.13. The van der Waals surface area contributed by atoms with E-state index in [4.69, 9.17) is 10.6 Å². The van der Waals surface area contributed by atoms with Crippen molar-refractivity contribution in [1.29, 1.82) is 0 Å². The molecule has 0 unspecified atom stereocenters. The minimum Gasteiger partial charge on any atom is -0.497 e. The number of halogens is 1. The third-order valence-corrected chi connectivity index (χ3v) is 3.81. The number of nitrogen functional groups attached to an aromatic ring is 1. The van der Waals surface area contributed by atoms with Gasteiger partial charge in [0.15, 0.2) is 5.82 Å². The first-order valence-corrected chi connectivity index (χ1v) is 7.08. The molecule has 0 saturated heterocycles. The van der Waals surface area contributed by atoms with Crippen LogP contribution >= 0.6 is 15.9 Å². The molecule has 0 fully saturated rings. The van der Waals surface area contributed by atoms with E-state index in [1.165, 1.54) is 0 Å². The van der Waals surface area contributed by atoms with Crippen LogP contribution in [0.4, 0.5) is 5.82 Å². The Morgan fingerprint density at radius 3 is 2.70 bits per heavy atom. The molecule has 0 saturated carbocycles. The largest absolute Gasteiger partial charge is 0.497 e. The molecule has 0 spiro atoms. The van der Waals surface area contributed by atoms with Crippen molar-refractivity contribution in [1.82, 2.24) is 9.97 Å². The van der Waals surface area contributed by atoms with Gasteiger partial charge in [-0.3, -0.25) is 0 Å². The summed E-state index contributed by atoms with van der Waals surface area (Å²) in [7, 11) is 1.63. The third kappa shape index (κ3) is 2.76. The molecule has 0 aliphatic heterocycles. The predicted molar refractivity (Wildman–Crippen MR) is 83.6 cm³/mol. The summed E-state index contributed by atoms with van der Waals surface area (Å²) in [4.78, 5) is 9.06. The fourth-order valence-corrected chi connectivity index (χ4v) is 2.49. The van der Waals surface area contributed by atoms with Gasteiger partial charge in [-0.05, 0) is 31.5 Å². The maximum absolute atomic E-state index is 5.56. The Morgan fingerprint density at radius 2 is 2.10 bits per heavy atom. The van der Waals surface area contributed by atoms with E-state index in [-0.39, 0.29) is 0 Å². The van der Waals surface area contributed by atoms with Crippen molar-refractivity contribution in [3.05, 3.63) is 33.9 Å². The molecule has 6 heteroatoms. The number of methoxy groups -OCH3 is 1. The SMILES string of the molecule is CCc1c(C)nc(-c2cc(OC)ccc2Br)nc1NN. The van der Waals surface area contributed by atoms with Crippen LogP contribution < -0.4 is 16.0 Å². The van der Waals surface area contributed by atoms with E-state index in [9.17, 15) is 0 Å². The molecule has 3 N–H and O–H groups in total. The molecular formula is C14H17BrN4O. The van der Waals surface area contributed by atoms with Gasteiger partial charge in [0.05, 0.1) is 7.11 Å². The predicted octanol–water partition coefficient (Wildman–Crippen LogP) is 3.07. The quantitative estimate of drug-likeness (QED) is 0.663. The minimum atomic E-state index is 0.610. The lowest BCUT2D eigenvalue weighted by Gasteiger charge is -2.12. The molecule has 0 bridgehead atoms. The zero-order chi connectivity index (χ0) is 14.7. The highest BCUT2D eigenvalue weighted by Gasteiger charge is 2.13. The first-order valence-electron chi connectivity index (χ1n) is 6.28. The summed E-state index contributed by atoms with van der Waals surface area (Å²) in [6, 6.07) is 5.68. The summed E-state index contributed by atoms with van der Waals surface area (Å²) in [6.45, 7) is 4.01. The molecular weight excluding hydrogens is 320 g/mol. The van der Waals surface area contributed by atoms with Crippen molar-refractivity contribution < 1.29 is 4.74 Å². The summed E-state index contributed by atoms with van der Waals surface area (Å²) in [5.74, 6) is 7.58. The number of nitrogens with one attached hydrogen (secondary N) is 1. The highest BCUT2D eigenvalue weighted by atomic mass is 79.9. The minimum absolute atomic E-state index is 0.610. The molecule has 1 aromatic heterocycles. The zero-order valence-corrected chi connectivity index (χ0v) is 13.3. The van der Waals surface area contributed by atoms with Gasteiger partial charge in [0.25, 0.3) is 0 Å². The molecule has 2 rings (SSSR count). The molecule has 1 heterocycles. The topological polar surface area (TPSA) is 73.1 Å². The Kier molecular flexibility index (Phi) is 4.57. The smallest absolute Gasteiger partial charge is 0.163 e. The summed E-state index contributed by atoms with van der Waals surface area (Å²) in [5.41, 5.74) is 5.46. The Labute approximate surface area is 126 Å². The molecule has 1 aromatic carbocycles. The average Bonchev–Trinajstić information content (AvgIpc) is 2.46. The Hall–Kier alpha value is -1.66. The maximum atomic E-state index is 5.56.